The van der Waals surface area contributed by atoms with Gasteiger partial charge in [0.25, 0.3) is 0 Å². The predicted octanol–water partition coefficient (Wildman–Crippen LogP) is 4.05. The highest BCUT2D eigenvalue weighted by atomic mass is 79.9. The molecule has 0 saturated heterocycles. The summed E-state index contributed by atoms with van der Waals surface area (Å²) in [6, 6.07) is 6.61. The summed E-state index contributed by atoms with van der Waals surface area (Å²) >= 11 is 5.49. The standard InChI is InChI=1S/C10H11BrS/c1-7-4-5-12-10-3-2-8(11)6-9(7)10/h2-3,6-7H,4-5H2,1H3. The largest absolute Gasteiger partial charge is 0.126 e. The highest BCUT2D eigenvalue weighted by Crippen LogP contribution is 2.38. The van der Waals surface area contributed by atoms with Gasteiger partial charge in [0, 0.05) is 9.37 Å². The first-order chi connectivity index (χ1) is 5.77. The van der Waals surface area contributed by atoms with Crippen molar-refractivity contribution in [3.63, 3.8) is 0 Å². The van der Waals surface area contributed by atoms with Crippen molar-refractivity contribution in [2.45, 2.75) is 24.2 Å². The third-order valence-corrected chi connectivity index (χ3v) is 3.93. The van der Waals surface area contributed by atoms with E-state index in [0.29, 0.717) is 0 Å². The molecule has 2 rings (SSSR count). The molecule has 0 spiro atoms. The second-order valence-electron chi connectivity index (χ2n) is 3.22. The van der Waals surface area contributed by atoms with Crippen LogP contribution in [-0.4, -0.2) is 5.75 Å². The van der Waals surface area contributed by atoms with E-state index in [1.807, 2.05) is 11.8 Å². The van der Waals surface area contributed by atoms with E-state index in [2.05, 4.69) is 41.1 Å². The smallest absolute Gasteiger partial charge is 0.0178 e. The molecule has 2 heteroatoms. The maximum atomic E-state index is 3.51. The zero-order valence-electron chi connectivity index (χ0n) is 7.01. The van der Waals surface area contributed by atoms with Crippen LogP contribution in [0, 0.1) is 0 Å². The Kier molecular flexibility index (Phi) is 2.47. The minimum absolute atomic E-state index is 0.735. The van der Waals surface area contributed by atoms with Crippen LogP contribution >= 0.6 is 27.7 Å². The zero-order chi connectivity index (χ0) is 8.55. The lowest BCUT2D eigenvalue weighted by Crippen LogP contribution is -2.03. The van der Waals surface area contributed by atoms with E-state index in [-0.39, 0.29) is 0 Å². The van der Waals surface area contributed by atoms with Crippen molar-refractivity contribution in [1.29, 1.82) is 0 Å². The van der Waals surface area contributed by atoms with Crippen molar-refractivity contribution in [2.24, 2.45) is 0 Å². The summed E-state index contributed by atoms with van der Waals surface area (Å²) < 4.78 is 1.20. The summed E-state index contributed by atoms with van der Waals surface area (Å²) in [5, 5.41) is 0. The van der Waals surface area contributed by atoms with Crippen LogP contribution in [0.5, 0.6) is 0 Å². The van der Waals surface area contributed by atoms with Gasteiger partial charge in [-0.15, -0.1) is 11.8 Å². The lowest BCUT2D eigenvalue weighted by Gasteiger charge is -2.21. The summed E-state index contributed by atoms with van der Waals surface area (Å²) in [7, 11) is 0. The number of benzene rings is 1. The zero-order valence-corrected chi connectivity index (χ0v) is 9.41. The van der Waals surface area contributed by atoms with Crippen molar-refractivity contribution >= 4 is 27.7 Å². The fraction of sp³-hybridized carbons (Fsp3) is 0.400. The van der Waals surface area contributed by atoms with Crippen LogP contribution in [0.3, 0.4) is 0 Å². The average molecular weight is 243 g/mol. The van der Waals surface area contributed by atoms with Gasteiger partial charge in [0.15, 0.2) is 0 Å². The third-order valence-electron chi connectivity index (χ3n) is 2.31. The molecule has 0 bridgehead atoms. The Labute approximate surface area is 85.9 Å². The first-order valence-electron chi connectivity index (χ1n) is 4.19. The lowest BCUT2D eigenvalue weighted by atomic mass is 9.98. The molecule has 1 heterocycles. The van der Waals surface area contributed by atoms with Gasteiger partial charge in [-0.25, -0.2) is 0 Å². The quantitative estimate of drug-likeness (QED) is 0.662. The van der Waals surface area contributed by atoms with Gasteiger partial charge in [-0.1, -0.05) is 22.9 Å². The molecule has 12 heavy (non-hydrogen) atoms. The monoisotopic (exact) mass is 242 g/mol. The van der Waals surface area contributed by atoms with Crippen molar-refractivity contribution in [3.8, 4) is 0 Å². The normalized spacial score (nSPS) is 22.0. The summed E-state index contributed by atoms with van der Waals surface area (Å²) in [5.74, 6) is 2.01. The van der Waals surface area contributed by atoms with Crippen molar-refractivity contribution in [3.05, 3.63) is 28.2 Å². The molecule has 0 N–H and O–H groups in total. The molecule has 1 aromatic carbocycles. The van der Waals surface area contributed by atoms with Gasteiger partial charge < -0.3 is 0 Å². The Hall–Kier alpha value is 0.0500. The number of hydrogen-bond acceptors (Lipinski definition) is 1. The van der Waals surface area contributed by atoms with Crippen LogP contribution in [0.4, 0.5) is 0 Å². The Morgan fingerprint density at radius 2 is 2.33 bits per heavy atom. The summed E-state index contributed by atoms with van der Waals surface area (Å²) in [5.41, 5.74) is 1.51. The summed E-state index contributed by atoms with van der Waals surface area (Å²) in [4.78, 5) is 1.47. The van der Waals surface area contributed by atoms with Crippen molar-refractivity contribution < 1.29 is 0 Å². The topological polar surface area (TPSA) is 0 Å². The Morgan fingerprint density at radius 1 is 1.50 bits per heavy atom. The molecular weight excluding hydrogens is 232 g/mol. The number of fused-ring (bicyclic) bond motifs is 1. The minimum Gasteiger partial charge on any atom is -0.126 e. The first kappa shape index (κ1) is 8.64. The highest BCUT2D eigenvalue weighted by molar-refractivity contribution is 9.10. The first-order valence-corrected chi connectivity index (χ1v) is 5.97. The maximum Gasteiger partial charge on any atom is 0.0178 e. The van der Waals surface area contributed by atoms with Crippen LogP contribution in [0.2, 0.25) is 0 Å². The Balaban J connectivity index is 2.47. The molecule has 64 valence electrons. The maximum absolute atomic E-state index is 3.51. The van der Waals surface area contributed by atoms with E-state index in [9.17, 15) is 0 Å². The van der Waals surface area contributed by atoms with E-state index < -0.39 is 0 Å². The SMILES string of the molecule is CC1CCSc2ccc(Br)cc21. The van der Waals surface area contributed by atoms with Gasteiger partial charge in [-0.2, -0.15) is 0 Å². The average Bonchev–Trinajstić information content (AvgIpc) is 2.07. The van der Waals surface area contributed by atoms with Crippen LogP contribution in [-0.2, 0) is 0 Å². The fourth-order valence-corrected chi connectivity index (χ4v) is 3.20. The fourth-order valence-electron chi connectivity index (χ4n) is 1.54. The molecule has 0 amide bonds. The van der Waals surface area contributed by atoms with Gasteiger partial charge in [-0.3, -0.25) is 0 Å². The van der Waals surface area contributed by atoms with E-state index in [4.69, 9.17) is 0 Å². The van der Waals surface area contributed by atoms with Gasteiger partial charge in [0.05, 0.1) is 0 Å². The van der Waals surface area contributed by atoms with E-state index in [0.717, 1.165) is 5.92 Å². The molecule has 1 atom stereocenters. The molecule has 0 saturated carbocycles. The predicted molar refractivity (Wildman–Crippen MR) is 57.9 cm³/mol. The van der Waals surface area contributed by atoms with Gasteiger partial charge in [0.2, 0.25) is 0 Å². The summed E-state index contributed by atoms with van der Waals surface area (Å²) in [6.07, 6.45) is 1.31. The second kappa shape index (κ2) is 3.43. The second-order valence-corrected chi connectivity index (χ2v) is 5.27. The molecule has 0 nitrogen and oxygen atoms in total. The van der Waals surface area contributed by atoms with Gasteiger partial charge in [-0.05, 0) is 41.9 Å². The minimum atomic E-state index is 0.735. The molecular formula is C10H11BrS. The van der Waals surface area contributed by atoms with Crippen molar-refractivity contribution in [2.75, 3.05) is 5.75 Å². The number of halogens is 1. The third kappa shape index (κ3) is 1.55. The Morgan fingerprint density at radius 3 is 3.17 bits per heavy atom. The molecule has 0 aromatic heterocycles. The van der Waals surface area contributed by atoms with Crippen LogP contribution < -0.4 is 0 Å². The molecule has 1 aliphatic heterocycles. The van der Waals surface area contributed by atoms with E-state index in [1.165, 1.54) is 27.1 Å². The van der Waals surface area contributed by atoms with Crippen LogP contribution in [0.15, 0.2) is 27.6 Å². The van der Waals surface area contributed by atoms with E-state index >= 15 is 0 Å². The lowest BCUT2D eigenvalue weighted by molar-refractivity contribution is 0.713. The van der Waals surface area contributed by atoms with Crippen molar-refractivity contribution in [1.82, 2.24) is 0 Å². The molecule has 1 aliphatic rings. The van der Waals surface area contributed by atoms with Gasteiger partial charge in [0.1, 0.15) is 0 Å². The molecule has 0 aliphatic carbocycles. The molecule has 1 unspecified atom stereocenters. The molecule has 1 aromatic rings. The number of hydrogen-bond donors (Lipinski definition) is 0. The molecule has 0 radical (unpaired) electrons. The molecule has 0 fully saturated rings. The Bertz CT molecular complexity index is 296. The number of rotatable bonds is 0. The van der Waals surface area contributed by atoms with Gasteiger partial charge >= 0.3 is 0 Å². The van der Waals surface area contributed by atoms with Crippen LogP contribution in [0.1, 0.15) is 24.8 Å². The highest BCUT2D eigenvalue weighted by Gasteiger charge is 2.16. The summed E-state index contributed by atoms with van der Waals surface area (Å²) in [6.45, 7) is 2.31. The van der Waals surface area contributed by atoms with Crippen LogP contribution in [0.25, 0.3) is 0 Å². The number of thioether (sulfide) groups is 1. The van der Waals surface area contributed by atoms with E-state index in [1.54, 1.807) is 0 Å².